The van der Waals surface area contributed by atoms with E-state index < -0.39 is 0 Å². The van der Waals surface area contributed by atoms with Gasteiger partial charge in [-0.15, -0.1) is 11.8 Å². The molecule has 1 aromatic heterocycles. The zero-order valence-corrected chi connectivity index (χ0v) is 14.2. The molecule has 0 N–H and O–H groups in total. The number of nitrogens with zero attached hydrogens (tertiary/aromatic N) is 1. The highest BCUT2D eigenvalue weighted by Crippen LogP contribution is 2.41. The van der Waals surface area contributed by atoms with Gasteiger partial charge in [0.1, 0.15) is 5.75 Å². The molecule has 4 heteroatoms. The van der Waals surface area contributed by atoms with Gasteiger partial charge in [0.25, 0.3) is 0 Å². The average Bonchev–Trinajstić information content (AvgIpc) is 2.94. The number of ether oxygens (including phenoxy) is 1. The van der Waals surface area contributed by atoms with Crippen LogP contribution in [0.3, 0.4) is 0 Å². The summed E-state index contributed by atoms with van der Waals surface area (Å²) in [6.45, 7) is 0. The van der Waals surface area contributed by atoms with Crippen LogP contribution in [0.2, 0.25) is 0 Å². The predicted molar refractivity (Wildman–Crippen MR) is 96.9 cm³/mol. The minimum absolute atomic E-state index is 0.0683. The first-order valence-electron chi connectivity index (χ1n) is 7.60. The van der Waals surface area contributed by atoms with Crippen molar-refractivity contribution in [2.24, 2.45) is 0 Å². The molecule has 1 heterocycles. The molecule has 0 atom stereocenters. The first-order valence-corrected chi connectivity index (χ1v) is 8.83. The highest BCUT2D eigenvalue weighted by molar-refractivity contribution is 7.98. The van der Waals surface area contributed by atoms with Crippen LogP contribution in [0.1, 0.15) is 15.9 Å². The summed E-state index contributed by atoms with van der Waals surface area (Å²) in [5.74, 6) is 0.879. The van der Waals surface area contributed by atoms with E-state index in [1.807, 2.05) is 60.9 Å². The maximum Gasteiger partial charge on any atom is 0.197 e. The van der Waals surface area contributed by atoms with Crippen LogP contribution in [0, 0.1) is 0 Å². The minimum Gasteiger partial charge on any atom is -0.497 e. The minimum atomic E-state index is 0.0683. The fourth-order valence-corrected chi connectivity index (χ4v) is 3.65. The van der Waals surface area contributed by atoms with E-state index in [2.05, 4.69) is 0 Å². The fourth-order valence-electron chi connectivity index (χ4n) is 3.03. The molecule has 118 valence electrons. The van der Waals surface area contributed by atoms with E-state index in [-0.39, 0.29) is 5.78 Å². The summed E-state index contributed by atoms with van der Waals surface area (Å²) >= 11 is 1.58. The standard InChI is InChI=1S/C20H15NO2S/c1-23-13-9-7-12(8-10-13)16-11-17(24-2)18-19(21-16)14-5-3-4-6-15(14)20(18)22/h3-11H,1-2H3. The number of benzene rings is 2. The number of methoxy groups -OCH3 is 1. The molecule has 4 rings (SSSR count). The number of fused-ring (bicyclic) bond motifs is 3. The highest BCUT2D eigenvalue weighted by Gasteiger charge is 2.30. The SMILES string of the molecule is COc1ccc(-c2cc(SC)c3c(n2)-c2ccccc2C3=O)cc1. The topological polar surface area (TPSA) is 39.2 Å². The van der Waals surface area contributed by atoms with Gasteiger partial charge in [0.2, 0.25) is 0 Å². The third-order valence-corrected chi connectivity index (χ3v) is 5.00. The van der Waals surface area contributed by atoms with Crippen molar-refractivity contribution in [2.75, 3.05) is 13.4 Å². The molecule has 3 aromatic rings. The summed E-state index contributed by atoms with van der Waals surface area (Å²) < 4.78 is 5.22. The van der Waals surface area contributed by atoms with E-state index in [1.54, 1.807) is 18.9 Å². The van der Waals surface area contributed by atoms with Crippen molar-refractivity contribution in [3.05, 3.63) is 65.7 Å². The molecular weight excluding hydrogens is 318 g/mol. The predicted octanol–water partition coefficient (Wildman–Crippen LogP) is 4.69. The number of hydrogen-bond donors (Lipinski definition) is 0. The molecule has 3 nitrogen and oxygen atoms in total. The van der Waals surface area contributed by atoms with Crippen LogP contribution < -0.4 is 4.74 Å². The molecule has 1 aliphatic rings. The van der Waals surface area contributed by atoms with Gasteiger partial charge >= 0.3 is 0 Å². The molecule has 24 heavy (non-hydrogen) atoms. The van der Waals surface area contributed by atoms with Crippen molar-refractivity contribution < 1.29 is 9.53 Å². The number of hydrogen-bond acceptors (Lipinski definition) is 4. The average molecular weight is 333 g/mol. The number of thioether (sulfide) groups is 1. The summed E-state index contributed by atoms with van der Waals surface area (Å²) in [6, 6.07) is 17.5. The Kier molecular flexibility index (Phi) is 3.62. The summed E-state index contributed by atoms with van der Waals surface area (Å²) in [6.07, 6.45) is 1.99. The number of pyridine rings is 1. The third kappa shape index (κ3) is 2.22. The Morgan fingerprint density at radius 1 is 1.00 bits per heavy atom. The number of aromatic nitrogens is 1. The summed E-state index contributed by atoms with van der Waals surface area (Å²) in [7, 11) is 1.65. The van der Waals surface area contributed by atoms with Crippen molar-refractivity contribution >= 4 is 17.5 Å². The molecule has 0 saturated carbocycles. The summed E-state index contributed by atoms with van der Waals surface area (Å²) in [5.41, 5.74) is 5.04. The lowest BCUT2D eigenvalue weighted by Crippen LogP contribution is -1.99. The fraction of sp³-hybridized carbons (Fsp3) is 0.100. The van der Waals surface area contributed by atoms with Crippen molar-refractivity contribution in [2.45, 2.75) is 4.90 Å². The van der Waals surface area contributed by atoms with Gasteiger partial charge in [-0.25, -0.2) is 4.98 Å². The van der Waals surface area contributed by atoms with Crippen LogP contribution in [0.5, 0.6) is 5.75 Å². The van der Waals surface area contributed by atoms with Crippen LogP contribution in [0.4, 0.5) is 0 Å². The molecule has 0 radical (unpaired) electrons. The van der Waals surface area contributed by atoms with Gasteiger partial charge in [-0.2, -0.15) is 0 Å². The number of carbonyl (C=O) groups excluding carboxylic acids is 1. The van der Waals surface area contributed by atoms with Crippen molar-refractivity contribution in [3.63, 3.8) is 0 Å². The van der Waals surface area contributed by atoms with E-state index in [9.17, 15) is 4.79 Å². The first-order chi connectivity index (χ1) is 11.7. The Labute approximate surface area is 144 Å². The van der Waals surface area contributed by atoms with Gasteiger partial charge in [-0.1, -0.05) is 24.3 Å². The lowest BCUT2D eigenvalue weighted by atomic mass is 10.1. The first kappa shape index (κ1) is 15.0. The van der Waals surface area contributed by atoms with Crippen molar-refractivity contribution in [3.8, 4) is 28.3 Å². The molecule has 1 aliphatic carbocycles. The molecule has 0 saturated heterocycles. The maximum atomic E-state index is 12.7. The zero-order valence-electron chi connectivity index (χ0n) is 13.4. The number of carbonyl (C=O) groups is 1. The maximum absolute atomic E-state index is 12.7. The van der Waals surface area contributed by atoms with E-state index in [0.717, 1.165) is 44.3 Å². The van der Waals surface area contributed by atoms with Gasteiger partial charge < -0.3 is 4.74 Å². The second-order valence-corrected chi connectivity index (χ2v) is 6.38. The van der Waals surface area contributed by atoms with Gasteiger partial charge in [-0.3, -0.25) is 4.79 Å². The lowest BCUT2D eigenvalue weighted by molar-refractivity contribution is 0.104. The second kappa shape index (κ2) is 5.80. The molecule has 2 aromatic carbocycles. The highest BCUT2D eigenvalue weighted by atomic mass is 32.2. The molecule has 0 unspecified atom stereocenters. The summed E-state index contributed by atoms with van der Waals surface area (Å²) in [5, 5.41) is 0. The normalized spacial score (nSPS) is 12.0. The Hall–Kier alpha value is -2.59. The quantitative estimate of drug-likeness (QED) is 0.510. The number of ketones is 1. The van der Waals surface area contributed by atoms with E-state index in [1.165, 1.54) is 0 Å². The molecule has 0 bridgehead atoms. The van der Waals surface area contributed by atoms with Gasteiger partial charge in [0.15, 0.2) is 5.78 Å². The Balaban J connectivity index is 1.92. The molecule has 0 aliphatic heterocycles. The third-order valence-electron chi connectivity index (χ3n) is 4.24. The van der Waals surface area contributed by atoms with Gasteiger partial charge in [0.05, 0.1) is 24.1 Å². The second-order valence-electron chi connectivity index (χ2n) is 5.54. The Morgan fingerprint density at radius 3 is 2.38 bits per heavy atom. The monoisotopic (exact) mass is 333 g/mol. The van der Waals surface area contributed by atoms with Gasteiger partial charge in [0, 0.05) is 21.6 Å². The van der Waals surface area contributed by atoms with Crippen molar-refractivity contribution in [1.29, 1.82) is 0 Å². The largest absolute Gasteiger partial charge is 0.497 e. The number of rotatable bonds is 3. The van der Waals surface area contributed by atoms with E-state index in [4.69, 9.17) is 9.72 Å². The van der Waals surface area contributed by atoms with E-state index in [0.29, 0.717) is 0 Å². The molecule has 0 spiro atoms. The van der Waals surface area contributed by atoms with Crippen LogP contribution >= 0.6 is 11.8 Å². The zero-order chi connectivity index (χ0) is 16.7. The van der Waals surface area contributed by atoms with E-state index >= 15 is 0 Å². The Morgan fingerprint density at radius 2 is 1.71 bits per heavy atom. The van der Waals surface area contributed by atoms with Crippen LogP contribution in [0.15, 0.2) is 59.5 Å². The van der Waals surface area contributed by atoms with Crippen molar-refractivity contribution in [1.82, 2.24) is 4.98 Å². The van der Waals surface area contributed by atoms with Crippen LogP contribution in [0.25, 0.3) is 22.5 Å². The molecule has 0 amide bonds. The smallest absolute Gasteiger partial charge is 0.197 e. The van der Waals surface area contributed by atoms with Crippen LogP contribution in [-0.4, -0.2) is 24.1 Å². The van der Waals surface area contributed by atoms with Crippen LogP contribution in [-0.2, 0) is 0 Å². The molecule has 0 fully saturated rings. The lowest BCUT2D eigenvalue weighted by Gasteiger charge is -2.09. The van der Waals surface area contributed by atoms with Gasteiger partial charge in [-0.05, 0) is 36.6 Å². The summed E-state index contributed by atoms with van der Waals surface area (Å²) in [4.78, 5) is 18.5. The Bertz CT molecular complexity index is 948. The molecular formula is C20H15NO2S.